The van der Waals surface area contributed by atoms with Crippen molar-refractivity contribution in [2.45, 2.75) is 13.0 Å². The van der Waals surface area contributed by atoms with E-state index in [4.69, 9.17) is 0 Å². The van der Waals surface area contributed by atoms with Crippen LogP contribution in [0.2, 0.25) is 0 Å². The van der Waals surface area contributed by atoms with E-state index in [1.54, 1.807) is 24.4 Å². The van der Waals surface area contributed by atoms with Gasteiger partial charge in [-0.2, -0.15) is 0 Å². The van der Waals surface area contributed by atoms with Crippen LogP contribution in [0.4, 0.5) is 5.82 Å². The molecule has 0 aliphatic carbocycles. The van der Waals surface area contributed by atoms with Crippen molar-refractivity contribution in [2.24, 2.45) is 0 Å². The van der Waals surface area contributed by atoms with E-state index in [9.17, 15) is 10.2 Å². The van der Waals surface area contributed by atoms with Crippen LogP contribution < -0.4 is 5.32 Å². The van der Waals surface area contributed by atoms with E-state index in [1.165, 1.54) is 0 Å². The Balaban J connectivity index is 1.86. The summed E-state index contributed by atoms with van der Waals surface area (Å²) < 4.78 is 0. The number of phenols is 2. The molecule has 2 aromatic carbocycles. The molecule has 0 saturated heterocycles. The average Bonchev–Trinajstić information content (AvgIpc) is 2.67. The number of pyridine rings is 2. The molecule has 4 rings (SSSR count). The molecule has 0 unspecified atom stereocenters. The van der Waals surface area contributed by atoms with Gasteiger partial charge in [-0.1, -0.05) is 36.4 Å². The second kappa shape index (κ2) is 6.96. The highest BCUT2D eigenvalue weighted by Crippen LogP contribution is 2.36. The number of hydrogen-bond donors (Lipinski definition) is 3. The number of nitrogens with one attached hydrogen (secondary N) is 1. The largest absolute Gasteiger partial charge is 0.508 e. The predicted molar refractivity (Wildman–Crippen MR) is 106 cm³/mol. The van der Waals surface area contributed by atoms with E-state index in [-0.39, 0.29) is 11.5 Å². The normalized spacial score (nSPS) is 12.0. The Morgan fingerprint density at radius 3 is 2.59 bits per heavy atom. The summed E-state index contributed by atoms with van der Waals surface area (Å²) in [6.45, 7) is 1.92. The Kier molecular flexibility index (Phi) is 4.34. The van der Waals surface area contributed by atoms with Crippen molar-refractivity contribution in [1.82, 2.24) is 9.97 Å². The molecule has 0 bridgehead atoms. The fourth-order valence-corrected chi connectivity index (χ4v) is 3.19. The van der Waals surface area contributed by atoms with Gasteiger partial charge in [-0.05, 0) is 42.8 Å². The molecule has 5 heteroatoms. The molecule has 4 aromatic rings. The number of rotatable bonds is 4. The minimum absolute atomic E-state index is 0.113. The summed E-state index contributed by atoms with van der Waals surface area (Å²) in [6.07, 6.45) is 1.66. The summed E-state index contributed by atoms with van der Waals surface area (Å²) >= 11 is 0. The first-order valence-electron chi connectivity index (χ1n) is 8.67. The SMILES string of the molecule is Cc1cccc(N[C@H](c2cccc(O)c2)c2ccc3cccnc3c2O)n1. The summed E-state index contributed by atoms with van der Waals surface area (Å²) in [5.74, 6) is 0.959. The highest BCUT2D eigenvalue weighted by atomic mass is 16.3. The summed E-state index contributed by atoms with van der Waals surface area (Å²) in [6, 6.07) is 19.8. The molecule has 0 radical (unpaired) electrons. The molecule has 0 aliphatic rings. The zero-order chi connectivity index (χ0) is 18.8. The van der Waals surface area contributed by atoms with E-state index in [2.05, 4.69) is 15.3 Å². The van der Waals surface area contributed by atoms with Gasteiger partial charge in [0.25, 0.3) is 0 Å². The van der Waals surface area contributed by atoms with Crippen molar-refractivity contribution in [1.29, 1.82) is 0 Å². The molecule has 2 aromatic heterocycles. The second-order valence-electron chi connectivity index (χ2n) is 6.42. The highest BCUT2D eigenvalue weighted by molar-refractivity contribution is 5.86. The molecule has 2 heterocycles. The molecule has 5 nitrogen and oxygen atoms in total. The van der Waals surface area contributed by atoms with Crippen LogP contribution in [-0.2, 0) is 0 Å². The van der Waals surface area contributed by atoms with E-state index in [0.29, 0.717) is 16.9 Å². The van der Waals surface area contributed by atoms with E-state index >= 15 is 0 Å². The van der Waals surface area contributed by atoms with Crippen LogP contribution in [0.15, 0.2) is 72.9 Å². The van der Waals surface area contributed by atoms with E-state index in [1.807, 2.05) is 55.5 Å². The number of aryl methyl sites for hydroxylation is 1. The fourth-order valence-electron chi connectivity index (χ4n) is 3.19. The molecular weight excluding hydrogens is 338 g/mol. The molecule has 1 atom stereocenters. The number of fused-ring (bicyclic) bond motifs is 1. The molecule has 27 heavy (non-hydrogen) atoms. The predicted octanol–water partition coefficient (Wildman–Crippen LogP) is 4.55. The first kappa shape index (κ1) is 16.8. The number of nitrogens with zero attached hydrogens (tertiary/aromatic N) is 2. The second-order valence-corrected chi connectivity index (χ2v) is 6.42. The smallest absolute Gasteiger partial charge is 0.147 e. The van der Waals surface area contributed by atoms with Crippen LogP contribution in [-0.4, -0.2) is 20.2 Å². The lowest BCUT2D eigenvalue weighted by Gasteiger charge is -2.22. The minimum Gasteiger partial charge on any atom is -0.508 e. The first-order chi connectivity index (χ1) is 13.1. The molecule has 0 amide bonds. The van der Waals surface area contributed by atoms with Gasteiger partial charge >= 0.3 is 0 Å². The first-order valence-corrected chi connectivity index (χ1v) is 8.67. The van der Waals surface area contributed by atoms with Crippen molar-refractivity contribution in [3.63, 3.8) is 0 Å². The highest BCUT2D eigenvalue weighted by Gasteiger charge is 2.20. The quantitative estimate of drug-likeness (QED) is 0.499. The standard InChI is InChI=1S/C22H19N3O2/c1-14-5-2-9-19(24-14)25-20(16-6-3-8-17(26)13-16)18-11-10-15-7-4-12-23-21(15)22(18)27/h2-13,20,26-27H,1H3,(H,24,25)/t20-/m1/s1. The molecule has 134 valence electrons. The summed E-state index contributed by atoms with van der Waals surface area (Å²) in [4.78, 5) is 8.82. The van der Waals surface area contributed by atoms with Crippen LogP contribution in [0.25, 0.3) is 10.9 Å². The Labute approximate surface area is 157 Å². The Hall–Kier alpha value is -3.60. The van der Waals surface area contributed by atoms with Gasteiger partial charge in [-0.15, -0.1) is 0 Å². The topological polar surface area (TPSA) is 78.3 Å². The zero-order valence-corrected chi connectivity index (χ0v) is 14.8. The number of aromatic nitrogens is 2. The number of phenolic OH excluding ortho intramolecular Hbond substituents is 2. The van der Waals surface area contributed by atoms with Gasteiger partial charge in [0.1, 0.15) is 22.8 Å². The van der Waals surface area contributed by atoms with Gasteiger partial charge < -0.3 is 15.5 Å². The van der Waals surface area contributed by atoms with Crippen LogP contribution in [0.3, 0.4) is 0 Å². The molecule has 0 saturated carbocycles. The lowest BCUT2D eigenvalue weighted by molar-refractivity contribution is 0.469. The third-order valence-electron chi connectivity index (χ3n) is 4.47. The summed E-state index contributed by atoms with van der Waals surface area (Å²) in [5.41, 5.74) is 2.90. The van der Waals surface area contributed by atoms with Crippen LogP contribution in [0, 0.1) is 6.92 Å². The Morgan fingerprint density at radius 1 is 0.926 bits per heavy atom. The average molecular weight is 357 g/mol. The number of hydrogen-bond acceptors (Lipinski definition) is 5. The monoisotopic (exact) mass is 357 g/mol. The third kappa shape index (κ3) is 3.40. The van der Waals surface area contributed by atoms with Crippen molar-refractivity contribution in [3.8, 4) is 11.5 Å². The maximum Gasteiger partial charge on any atom is 0.147 e. The molecule has 0 spiro atoms. The minimum atomic E-state index is -0.405. The van der Waals surface area contributed by atoms with Crippen molar-refractivity contribution in [2.75, 3.05) is 5.32 Å². The lowest BCUT2D eigenvalue weighted by atomic mass is 9.96. The lowest BCUT2D eigenvalue weighted by Crippen LogP contribution is -2.14. The van der Waals surface area contributed by atoms with E-state index < -0.39 is 6.04 Å². The number of benzene rings is 2. The summed E-state index contributed by atoms with van der Waals surface area (Å²) in [7, 11) is 0. The molecule has 3 N–H and O–H groups in total. The van der Waals surface area contributed by atoms with Crippen molar-refractivity contribution >= 4 is 16.7 Å². The maximum absolute atomic E-state index is 10.9. The van der Waals surface area contributed by atoms with Gasteiger partial charge in [-0.25, -0.2) is 4.98 Å². The van der Waals surface area contributed by atoms with Gasteiger partial charge in [0.15, 0.2) is 0 Å². The van der Waals surface area contributed by atoms with Crippen LogP contribution >= 0.6 is 0 Å². The molecule has 0 fully saturated rings. The van der Waals surface area contributed by atoms with Crippen LogP contribution in [0.1, 0.15) is 22.9 Å². The van der Waals surface area contributed by atoms with Crippen LogP contribution in [0.5, 0.6) is 11.5 Å². The van der Waals surface area contributed by atoms with Crippen molar-refractivity contribution in [3.05, 3.63) is 89.7 Å². The zero-order valence-electron chi connectivity index (χ0n) is 14.8. The van der Waals surface area contributed by atoms with Gasteiger partial charge in [-0.3, -0.25) is 4.98 Å². The fraction of sp³-hybridized carbons (Fsp3) is 0.0909. The third-order valence-corrected chi connectivity index (χ3v) is 4.47. The number of anilines is 1. The number of aromatic hydroxyl groups is 2. The summed E-state index contributed by atoms with van der Waals surface area (Å²) in [5, 5.41) is 25.1. The molecular formula is C22H19N3O2. The van der Waals surface area contributed by atoms with E-state index in [0.717, 1.165) is 16.6 Å². The maximum atomic E-state index is 10.9. The Morgan fingerprint density at radius 2 is 1.78 bits per heavy atom. The van der Waals surface area contributed by atoms with Gasteiger partial charge in [0.2, 0.25) is 0 Å². The molecule has 0 aliphatic heterocycles. The Bertz CT molecular complexity index is 1110. The van der Waals surface area contributed by atoms with Gasteiger partial charge in [0, 0.05) is 22.8 Å². The van der Waals surface area contributed by atoms with Crippen molar-refractivity contribution < 1.29 is 10.2 Å². The van der Waals surface area contributed by atoms with Gasteiger partial charge in [0.05, 0.1) is 6.04 Å².